The van der Waals surface area contributed by atoms with E-state index >= 15 is 0 Å². The van der Waals surface area contributed by atoms with Crippen LogP contribution in [0.15, 0.2) is 55.1 Å². The Kier molecular flexibility index (Phi) is 6.46. The highest BCUT2D eigenvalue weighted by atomic mass is 35.5. The lowest BCUT2D eigenvalue weighted by Gasteiger charge is -2.15. The highest BCUT2D eigenvalue weighted by Gasteiger charge is 2.17. The Morgan fingerprint density at radius 1 is 1.16 bits per heavy atom. The predicted molar refractivity (Wildman–Crippen MR) is 119 cm³/mol. The van der Waals surface area contributed by atoms with Gasteiger partial charge in [0.15, 0.2) is 5.82 Å². The number of hydrogen-bond donors (Lipinski definition) is 1. The number of benzene rings is 1. The van der Waals surface area contributed by atoms with Crippen molar-refractivity contribution in [3.8, 4) is 16.9 Å². The number of pyridine rings is 1. The zero-order valence-corrected chi connectivity index (χ0v) is 18.4. The summed E-state index contributed by atoms with van der Waals surface area (Å²) in [5.41, 5.74) is 3.21. The van der Waals surface area contributed by atoms with Crippen LogP contribution < -0.4 is 5.32 Å². The van der Waals surface area contributed by atoms with Gasteiger partial charge in [-0.2, -0.15) is 4.68 Å². The van der Waals surface area contributed by atoms with Gasteiger partial charge < -0.3 is 5.32 Å². The molecule has 9 nitrogen and oxygen atoms in total. The highest BCUT2D eigenvalue weighted by molar-refractivity contribution is 6.30. The van der Waals surface area contributed by atoms with Gasteiger partial charge in [0.25, 0.3) is 5.91 Å². The molecule has 1 aromatic carbocycles. The van der Waals surface area contributed by atoms with Crippen LogP contribution in [-0.4, -0.2) is 41.1 Å². The van der Waals surface area contributed by atoms with Crippen molar-refractivity contribution >= 4 is 17.5 Å². The van der Waals surface area contributed by atoms with Crippen molar-refractivity contribution in [2.24, 2.45) is 0 Å². The van der Waals surface area contributed by atoms with Crippen LogP contribution in [0.5, 0.6) is 0 Å². The zero-order valence-electron chi connectivity index (χ0n) is 17.6. The van der Waals surface area contributed by atoms with Crippen LogP contribution in [0.25, 0.3) is 16.9 Å². The summed E-state index contributed by atoms with van der Waals surface area (Å²) in [7, 11) is 0. The van der Waals surface area contributed by atoms with Gasteiger partial charge in [0.05, 0.1) is 34.3 Å². The summed E-state index contributed by atoms with van der Waals surface area (Å²) in [4.78, 5) is 25.9. The molecule has 0 aliphatic carbocycles. The molecule has 0 saturated carbocycles. The molecule has 32 heavy (non-hydrogen) atoms. The lowest BCUT2D eigenvalue weighted by atomic mass is 10.0. The third-order valence-corrected chi connectivity index (χ3v) is 5.05. The Labute approximate surface area is 189 Å². The van der Waals surface area contributed by atoms with Crippen molar-refractivity contribution in [3.63, 3.8) is 0 Å². The summed E-state index contributed by atoms with van der Waals surface area (Å²) in [6, 6.07) is 8.68. The Bertz CT molecular complexity index is 1210. The van der Waals surface area contributed by atoms with E-state index in [-0.39, 0.29) is 11.9 Å². The molecule has 0 spiro atoms. The molecule has 1 atom stereocenters. The fourth-order valence-corrected chi connectivity index (χ4v) is 3.34. The van der Waals surface area contributed by atoms with E-state index in [1.807, 2.05) is 13.0 Å². The van der Waals surface area contributed by atoms with E-state index < -0.39 is 0 Å². The average Bonchev–Trinajstić information content (AvgIpc) is 3.28. The molecule has 10 heteroatoms. The van der Waals surface area contributed by atoms with Crippen LogP contribution in [0.1, 0.15) is 48.2 Å². The molecule has 4 aromatic rings. The highest BCUT2D eigenvalue weighted by Crippen LogP contribution is 2.25. The predicted octanol–water partition coefficient (Wildman–Crippen LogP) is 3.61. The molecule has 3 aromatic heterocycles. The number of nitrogens with one attached hydrogen (secondary N) is 1. The van der Waals surface area contributed by atoms with Crippen molar-refractivity contribution in [1.29, 1.82) is 0 Å². The largest absolute Gasteiger partial charge is 0.344 e. The molecule has 1 amide bonds. The molecule has 0 bridgehead atoms. The number of carbonyl (C=O) groups excluding carboxylic acids is 1. The van der Waals surface area contributed by atoms with Gasteiger partial charge >= 0.3 is 0 Å². The summed E-state index contributed by atoms with van der Waals surface area (Å²) >= 11 is 6.00. The van der Waals surface area contributed by atoms with Gasteiger partial charge in [-0.15, -0.1) is 5.10 Å². The zero-order chi connectivity index (χ0) is 22.5. The van der Waals surface area contributed by atoms with Crippen LogP contribution in [-0.2, 0) is 6.42 Å². The van der Waals surface area contributed by atoms with E-state index in [0.29, 0.717) is 39.9 Å². The molecular formula is C22H21ClN8O. The minimum Gasteiger partial charge on any atom is -0.344 e. The number of amides is 1. The lowest BCUT2D eigenvalue weighted by Crippen LogP contribution is -2.27. The van der Waals surface area contributed by atoms with Crippen molar-refractivity contribution in [2.45, 2.75) is 32.7 Å². The van der Waals surface area contributed by atoms with Gasteiger partial charge in [-0.3, -0.25) is 19.7 Å². The first-order valence-electron chi connectivity index (χ1n) is 10.2. The Morgan fingerprint density at radius 3 is 2.75 bits per heavy atom. The monoisotopic (exact) mass is 448 g/mol. The van der Waals surface area contributed by atoms with Crippen molar-refractivity contribution in [3.05, 3.63) is 77.2 Å². The third kappa shape index (κ3) is 4.78. The molecule has 0 fully saturated rings. The molecule has 1 N–H and O–H groups in total. The average molecular weight is 449 g/mol. The number of tetrazole rings is 1. The molecule has 4 rings (SSSR count). The van der Waals surface area contributed by atoms with Gasteiger partial charge in [0.2, 0.25) is 0 Å². The standard InChI is InChI=1S/C22H21ClN8O/c1-3-4-21-28-29-30-31(21)18-10-15(19-6-5-17(23)12-26-19)9-16(11-18)22(32)27-14(2)20-13-24-7-8-25-20/h5-14H,3-4H2,1-2H3,(H,27,32). The Morgan fingerprint density at radius 2 is 2.03 bits per heavy atom. The molecule has 162 valence electrons. The fraction of sp³-hybridized carbons (Fsp3) is 0.227. The smallest absolute Gasteiger partial charge is 0.251 e. The summed E-state index contributed by atoms with van der Waals surface area (Å²) in [5, 5.41) is 15.5. The van der Waals surface area contributed by atoms with E-state index in [1.165, 1.54) is 0 Å². The number of hydrogen-bond acceptors (Lipinski definition) is 7. The van der Waals surface area contributed by atoms with Crippen molar-refractivity contribution < 1.29 is 4.79 Å². The Balaban J connectivity index is 1.73. The second-order valence-corrected chi connectivity index (χ2v) is 7.65. The molecule has 0 radical (unpaired) electrons. The van der Waals surface area contributed by atoms with E-state index in [0.717, 1.165) is 12.0 Å². The molecule has 1 unspecified atom stereocenters. The van der Waals surface area contributed by atoms with Crippen LogP contribution in [0.2, 0.25) is 5.02 Å². The maximum Gasteiger partial charge on any atom is 0.251 e. The summed E-state index contributed by atoms with van der Waals surface area (Å²) < 4.78 is 1.64. The second-order valence-electron chi connectivity index (χ2n) is 7.21. The van der Waals surface area contributed by atoms with Gasteiger partial charge in [0.1, 0.15) is 0 Å². The number of halogens is 1. The minimum atomic E-state index is -0.319. The van der Waals surface area contributed by atoms with Crippen LogP contribution in [0.4, 0.5) is 0 Å². The first-order valence-corrected chi connectivity index (χ1v) is 10.5. The van der Waals surface area contributed by atoms with Crippen LogP contribution >= 0.6 is 11.6 Å². The molecule has 0 aliphatic heterocycles. The van der Waals surface area contributed by atoms with E-state index in [9.17, 15) is 4.79 Å². The van der Waals surface area contributed by atoms with E-state index in [4.69, 9.17) is 11.6 Å². The topological polar surface area (TPSA) is 111 Å². The number of carbonyl (C=O) groups is 1. The number of rotatable bonds is 7. The molecule has 3 heterocycles. The van der Waals surface area contributed by atoms with Crippen molar-refractivity contribution in [1.82, 2.24) is 40.5 Å². The fourth-order valence-electron chi connectivity index (χ4n) is 3.23. The number of nitrogens with zero attached hydrogens (tertiary/aromatic N) is 7. The maximum atomic E-state index is 13.1. The minimum absolute atomic E-state index is 0.259. The lowest BCUT2D eigenvalue weighted by molar-refractivity contribution is 0.0939. The number of aryl methyl sites for hydroxylation is 1. The van der Waals surface area contributed by atoms with Gasteiger partial charge in [-0.1, -0.05) is 18.5 Å². The van der Waals surface area contributed by atoms with Crippen LogP contribution in [0.3, 0.4) is 0 Å². The quantitative estimate of drug-likeness (QED) is 0.459. The molecule has 0 aliphatic rings. The normalized spacial score (nSPS) is 11.8. The maximum absolute atomic E-state index is 13.1. The SMILES string of the molecule is CCCc1nnnn1-c1cc(C(=O)NC(C)c2cnccn2)cc(-c2ccc(Cl)cn2)c1. The van der Waals surface area contributed by atoms with Gasteiger partial charge in [-0.25, -0.2) is 0 Å². The number of aromatic nitrogens is 7. The van der Waals surface area contributed by atoms with Gasteiger partial charge in [0, 0.05) is 36.1 Å². The summed E-state index contributed by atoms with van der Waals surface area (Å²) in [5.74, 6) is 0.457. The van der Waals surface area contributed by atoms with E-state index in [2.05, 4.69) is 42.7 Å². The summed E-state index contributed by atoms with van der Waals surface area (Å²) in [6.07, 6.45) is 7.98. The van der Waals surface area contributed by atoms with E-state index in [1.54, 1.807) is 53.7 Å². The third-order valence-electron chi connectivity index (χ3n) is 4.83. The van der Waals surface area contributed by atoms with Crippen molar-refractivity contribution in [2.75, 3.05) is 0 Å². The first-order chi connectivity index (χ1) is 15.5. The molecular weight excluding hydrogens is 428 g/mol. The second kappa shape index (κ2) is 9.61. The summed E-state index contributed by atoms with van der Waals surface area (Å²) in [6.45, 7) is 3.91. The first kappa shape index (κ1) is 21.5. The Hall–Kier alpha value is -3.72. The van der Waals surface area contributed by atoms with Gasteiger partial charge in [-0.05, 0) is 54.1 Å². The molecule has 0 saturated heterocycles. The van der Waals surface area contributed by atoms with Crippen LogP contribution in [0, 0.1) is 0 Å².